The van der Waals surface area contributed by atoms with Crippen molar-refractivity contribution >= 4 is 44.3 Å². The van der Waals surface area contributed by atoms with Gasteiger partial charge < -0.3 is 4.90 Å². The van der Waals surface area contributed by atoms with Gasteiger partial charge in [-0.25, -0.2) is 0 Å². The minimum absolute atomic E-state index is 0.0442. The number of nitrogens with zero attached hydrogens (tertiary/aromatic N) is 2. The van der Waals surface area contributed by atoms with Gasteiger partial charge in [0.25, 0.3) is 5.91 Å². The lowest BCUT2D eigenvalue weighted by Gasteiger charge is -2.22. The second-order valence-corrected chi connectivity index (χ2v) is 9.01. The first-order chi connectivity index (χ1) is 14.2. The maximum atomic E-state index is 13.6. The molecule has 1 unspecified atom stereocenters. The summed E-state index contributed by atoms with van der Waals surface area (Å²) >= 11 is 5.05. The van der Waals surface area contributed by atoms with Crippen LogP contribution in [0.15, 0.2) is 82.4 Å². The van der Waals surface area contributed by atoms with Crippen LogP contribution < -0.4 is 10.3 Å². The first kappa shape index (κ1) is 20.0. The normalized spacial score (nSPS) is 20.7. The summed E-state index contributed by atoms with van der Waals surface area (Å²) < 4.78 is 0.954. The summed E-state index contributed by atoms with van der Waals surface area (Å²) in [4.78, 5) is 14.6. The number of rotatable bonds is 6. The van der Waals surface area contributed by atoms with Crippen molar-refractivity contribution < 1.29 is 4.79 Å². The number of carbonyl (C=O) groups is 1. The molecule has 2 aromatic carbocycles. The molecule has 2 aliphatic heterocycles. The van der Waals surface area contributed by atoms with E-state index in [0.717, 1.165) is 39.2 Å². The van der Waals surface area contributed by atoms with Crippen LogP contribution in [0.5, 0.6) is 0 Å². The first-order valence-corrected chi connectivity index (χ1v) is 11.3. The minimum atomic E-state index is -0.898. The molecule has 148 valence electrons. The number of unbranched alkanes of at least 4 members (excludes halogenated alkanes) is 1. The fraction of sp³-hybridized carbons (Fsp3) is 0.217. The van der Waals surface area contributed by atoms with Crippen LogP contribution >= 0.6 is 27.7 Å². The van der Waals surface area contributed by atoms with Crippen molar-refractivity contribution in [3.8, 4) is 0 Å². The molecule has 1 spiro atoms. The number of amides is 1. The molecule has 0 fully saturated rings. The second kappa shape index (κ2) is 8.59. The molecule has 0 saturated heterocycles. The van der Waals surface area contributed by atoms with Gasteiger partial charge in [-0.15, -0.1) is 0 Å². The van der Waals surface area contributed by atoms with E-state index in [0.29, 0.717) is 6.54 Å². The Morgan fingerprint density at radius 2 is 2.03 bits per heavy atom. The number of hydrazone groups is 1. The van der Waals surface area contributed by atoms with E-state index < -0.39 is 4.87 Å². The Labute approximate surface area is 183 Å². The van der Waals surface area contributed by atoms with E-state index in [2.05, 4.69) is 32.5 Å². The van der Waals surface area contributed by atoms with Crippen LogP contribution in [-0.4, -0.2) is 17.5 Å². The largest absolute Gasteiger partial charge is 0.309 e. The molecule has 4 nitrogen and oxygen atoms in total. The van der Waals surface area contributed by atoms with Gasteiger partial charge in [0.05, 0.1) is 5.69 Å². The van der Waals surface area contributed by atoms with Gasteiger partial charge in [-0.2, -0.15) is 5.10 Å². The number of carbonyl (C=O) groups excluding carboxylic acids is 1. The third-order valence-corrected chi connectivity index (χ3v) is 6.76. The number of nitrogens with one attached hydrogen (secondary N) is 1. The van der Waals surface area contributed by atoms with Crippen LogP contribution in [0, 0.1) is 0 Å². The van der Waals surface area contributed by atoms with Crippen molar-refractivity contribution in [1.82, 2.24) is 5.43 Å². The minimum Gasteiger partial charge on any atom is -0.309 e. The van der Waals surface area contributed by atoms with Gasteiger partial charge in [-0.3, -0.25) is 10.2 Å². The monoisotopic (exact) mass is 467 g/mol. The molecule has 1 N–H and O–H groups in total. The van der Waals surface area contributed by atoms with E-state index in [1.165, 1.54) is 11.8 Å². The Hall–Kier alpha value is -2.31. The van der Waals surface area contributed by atoms with Gasteiger partial charge in [0.2, 0.25) is 4.87 Å². The molecular weight excluding hydrogens is 446 g/mol. The molecule has 2 aliphatic rings. The molecule has 0 radical (unpaired) electrons. The summed E-state index contributed by atoms with van der Waals surface area (Å²) in [6.07, 6.45) is 10.0. The summed E-state index contributed by atoms with van der Waals surface area (Å²) in [6.45, 7) is 2.68. The summed E-state index contributed by atoms with van der Waals surface area (Å²) in [5, 5.41) is 5.37. The van der Waals surface area contributed by atoms with E-state index in [1.807, 2.05) is 78.6 Å². The van der Waals surface area contributed by atoms with Gasteiger partial charge in [0.1, 0.15) is 5.04 Å². The van der Waals surface area contributed by atoms with Gasteiger partial charge in [-0.05, 0) is 38.0 Å². The van der Waals surface area contributed by atoms with Gasteiger partial charge >= 0.3 is 0 Å². The predicted molar refractivity (Wildman–Crippen MR) is 125 cm³/mol. The second-order valence-electron chi connectivity index (χ2n) is 6.89. The van der Waals surface area contributed by atoms with Crippen LogP contribution in [0.2, 0.25) is 0 Å². The molecule has 2 aromatic rings. The smallest absolute Gasteiger partial charge is 0.269 e. The topological polar surface area (TPSA) is 44.7 Å². The molecule has 2 heterocycles. The van der Waals surface area contributed by atoms with Gasteiger partial charge in [-0.1, -0.05) is 82.3 Å². The van der Waals surface area contributed by atoms with E-state index in [9.17, 15) is 4.79 Å². The van der Waals surface area contributed by atoms with E-state index in [-0.39, 0.29) is 5.91 Å². The van der Waals surface area contributed by atoms with Crippen molar-refractivity contribution in [2.45, 2.75) is 24.6 Å². The summed E-state index contributed by atoms with van der Waals surface area (Å²) in [7, 11) is 0. The fourth-order valence-corrected chi connectivity index (χ4v) is 5.11. The van der Waals surface area contributed by atoms with Crippen LogP contribution in [0.4, 0.5) is 5.69 Å². The van der Waals surface area contributed by atoms with E-state index >= 15 is 0 Å². The van der Waals surface area contributed by atoms with Crippen LogP contribution in [0.1, 0.15) is 30.9 Å². The number of allylic oxidation sites excluding steroid dienone is 4. The van der Waals surface area contributed by atoms with Crippen LogP contribution in [0.3, 0.4) is 0 Å². The zero-order valence-corrected chi connectivity index (χ0v) is 18.5. The zero-order chi connectivity index (χ0) is 20.3. The molecular formula is C23H22BrN3OS. The van der Waals surface area contributed by atoms with Gasteiger partial charge in [0, 0.05) is 22.1 Å². The Bertz CT molecular complexity index is 1000. The molecule has 0 saturated carbocycles. The first-order valence-electron chi connectivity index (χ1n) is 9.65. The quantitative estimate of drug-likeness (QED) is 0.446. The molecule has 0 bridgehead atoms. The predicted octanol–water partition coefficient (Wildman–Crippen LogP) is 5.56. The average molecular weight is 468 g/mol. The summed E-state index contributed by atoms with van der Waals surface area (Å²) in [5.74, 6) is 0.0442. The number of anilines is 1. The van der Waals surface area contributed by atoms with E-state index in [1.54, 1.807) is 0 Å². The van der Waals surface area contributed by atoms with Crippen molar-refractivity contribution in [3.05, 3.63) is 88.4 Å². The van der Waals surface area contributed by atoms with Crippen molar-refractivity contribution in [2.24, 2.45) is 5.10 Å². The number of halogens is 1. The SMILES string of the molecule is C/C=C\C=C/CCCN1C(=O)C2(NN=C(c3ccccc3)S2)c2cc(Br)ccc21. The standard InChI is InChI=1S/C23H22BrN3OS/c1-2-3-4-5-6-10-15-27-20-14-13-18(24)16-19(20)23(22(27)28)26-25-21(29-23)17-11-8-7-9-12-17/h2-5,7-9,11-14,16,26H,6,10,15H2,1H3/b3-2-,5-4-. The van der Waals surface area contributed by atoms with Crippen molar-refractivity contribution in [2.75, 3.05) is 11.4 Å². The molecule has 0 aliphatic carbocycles. The molecule has 6 heteroatoms. The van der Waals surface area contributed by atoms with Crippen molar-refractivity contribution in [3.63, 3.8) is 0 Å². The highest BCUT2D eigenvalue weighted by atomic mass is 79.9. The highest BCUT2D eigenvalue weighted by Crippen LogP contribution is 2.51. The number of fused-ring (bicyclic) bond motifs is 2. The van der Waals surface area contributed by atoms with Gasteiger partial charge in [0.15, 0.2) is 0 Å². The van der Waals surface area contributed by atoms with Crippen molar-refractivity contribution in [1.29, 1.82) is 0 Å². The maximum Gasteiger partial charge on any atom is 0.269 e. The van der Waals surface area contributed by atoms with E-state index in [4.69, 9.17) is 0 Å². The lowest BCUT2D eigenvalue weighted by Crippen LogP contribution is -2.44. The highest BCUT2D eigenvalue weighted by Gasteiger charge is 2.55. The van der Waals surface area contributed by atoms with Crippen LogP contribution in [-0.2, 0) is 9.67 Å². The summed E-state index contributed by atoms with van der Waals surface area (Å²) in [6, 6.07) is 16.0. The Morgan fingerprint density at radius 3 is 2.83 bits per heavy atom. The molecule has 1 atom stereocenters. The average Bonchev–Trinajstić information content (AvgIpc) is 3.28. The lowest BCUT2D eigenvalue weighted by molar-refractivity contribution is -0.121. The number of benzene rings is 2. The number of thioether (sulfide) groups is 1. The number of hydrogen-bond acceptors (Lipinski definition) is 4. The highest BCUT2D eigenvalue weighted by molar-refractivity contribution is 9.10. The third kappa shape index (κ3) is 3.79. The lowest BCUT2D eigenvalue weighted by atomic mass is 10.1. The van der Waals surface area contributed by atoms with Crippen LogP contribution in [0.25, 0.3) is 0 Å². The molecule has 29 heavy (non-hydrogen) atoms. The Balaban J connectivity index is 1.58. The summed E-state index contributed by atoms with van der Waals surface area (Å²) in [5.41, 5.74) is 6.11. The molecule has 0 aromatic heterocycles. The third-order valence-electron chi connectivity index (χ3n) is 4.95. The Kier molecular flexibility index (Phi) is 5.92. The zero-order valence-electron chi connectivity index (χ0n) is 16.1. The Morgan fingerprint density at radius 1 is 1.21 bits per heavy atom. The number of hydrogen-bond donors (Lipinski definition) is 1. The maximum absolute atomic E-state index is 13.6. The fourth-order valence-electron chi connectivity index (χ4n) is 3.55. The molecule has 4 rings (SSSR count). The molecule has 1 amide bonds.